The fourth-order valence-electron chi connectivity index (χ4n) is 4.22. The Kier molecular flexibility index (Phi) is 5.61. The smallest absolute Gasteiger partial charge is 0.173 e. The molecule has 2 heterocycles. The number of nitrogens with zero attached hydrogens (tertiary/aromatic N) is 2. The van der Waals surface area contributed by atoms with Gasteiger partial charge >= 0.3 is 0 Å². The molecule has 0 saturated carbocycles. The van der Waals surface area contributed by atoms with Gasteiger partial charge in [0.1, 0.15) is 5.75 Å². The number of hydrogen-bond acceptors (Lipinski definition) is 3. The Bertz CT molecular complexity index is 569. The molecule has 132 valence electrons. The molecule has 0 radical (unpaired) electrons. The Labute approximate surface area is 151 Å². The molecule has 2 aliphatic rings. The summed E-state index contributed by atoms with van der Waals surface area (Å²) in [6.45, 7) is 6.82. The maximum atomic E-state index is 5.68. The Balaban J connectivity index is 1.62. The van der Waals surface area contributed by atoms with Gasteiger partial charge in [0.15, 0.2) is 5.11 Å². The molecule has 5 heteroatoms. The van der Waals surface area contributed by atoms with E-state index in [0.717, 1.165) is 29.6 Å². The van der Waals surface area contributed by atoms with Gasteiger partial charge in [-0.1, -0.05) is 6.07 Å². The molecule has 1 N–H and O–H groups in total. The lowest BCUT2D eigenvalue weighted by molar-refractivity contribution is 0.0951. The topological polar surface area (TPSA) is 27.7 Å². The molecule has 1 aromatic carbocycles. The Morgan fingerprint density at radius 3 is 2.67 bits per heavy atom. The largest absolute Gasteiger partial charge is 0.497 e. The molecule has 24 heavy (non-hydrogen) atoms. The van der Waals surface area contributed by atoms with Crippen LogP contribution in [0.2, 0.25) is 0 Å². The zero-order chi connectivity index (χ0) is 17.1. The Morgan fingerprint density at radius 1 is 1.21 bits per heavy atom. The molecule has 4 nitrogen and oxygen atoms in total. The molecule has 2 fully saturated rings. The quantitative estimate of drug-likeness (QED) is 0.841. The molecule has 0 bridgehead atoms. The summed E-state index contributed by atoms with van der Waals surface area (Å²) in [7, 11) is 1.69. The molecular weight excluding hydrogens is 318 g/mol. The fraction of sp³-hybridized carbons (Fsp3) is 0.632. The minimum Gasteiger partial charge on any atom is -0.497 e. The van der Waals surface area contributed by atoms with Crippen LogP contribution in [0.4, 0.5) is 5.69 Å². The number of nitrogens with one attached hydrogen (secondary N) is 1. The number of hydrogen-bond donors (Lipinski definition) is 1. The molecule has 2 aliphatic heterocycles. The van der Waals surface area contributed by atoms with Crippen LogP contribution in [0.5, 0.6) is 5.75 Å². The lowest BCUT2D eigenvalue weighted by Gasteiger charge is -2.42. The second kappa shape index (κ2) is 7.70. The van der Waals surface area contributed by atoms with Crippen molar-refractivity contribution in [3.05, 3.63) is 24.3 Å². The predicted octanol–water partition coefficient (Wildman–Crippen LogP) is 3.73. The molecule has 0 aromatic heterocycles. The second-order valence-corrected chi connectivity index (χ2v) is 7.51. The summed E-state index contributed by atoms with van der Waals surface area (Å²) in [5.41, 5.74) is 0.990. The van der Waals surface area contributed by atoms with Crippen molar-refractivity contribution in [1.29, 1.82) is 0 Å². The van der Waals surface area contributed by atoms with Gasteiger partial charge in [-0.2, -0.15) is 0 Å². The zero-order valence-corrected chi connectivity index (χ0v) is 15.8. The summed E-state index contributed by atoms with van der Waals surface area (Å²) >= 11 is 5.68. The third-order valence-corrected chi connectivity index (χ3v) is 5.81. The van der Waals surface area contributed by atoms with E-state index in [1.807, 2.05) is 24.3 Å². The van der Waals surface area contributed by atoms with Crippen LogP contribution in [0.15, 0.2) is 24.3 Å². The number of anilines is 1. The van der Waals surface area contributed by atoms with Crippen LogP contribution >= 0.6 is 12.2 Å². The maximum Gasteiger partial charge on any atom is 0.173 e. The second-order valence-electron chi connectivity index (χ2n) is 7.13. The van der Waals surface area contributed by atoms with E-state index in [1.165, 1.54) is 25.7 Å². The van der Waals surface area contributed by atoms with Crippen molar-refractivity contribution < 1.29 is 4.74 Å². The lowest BCUT2D eigenvalue weighted by Crippen LogP contribution is -2.53. The molecule has 3 atom stereocenters. The van der Waals surface area contributed by atoms with E-state index in [9.17, 15) is 0 Å². The van der Waals surface area contributed by atoms with Crippen LogP contribution in [0, 0.1) is 0 Å². The van der Waals surface area contributed by atoms with Crippen LogP contribution in [-0.4, -0.2) is 53.2 Å². The third-order valence-electron chi connectivity index (χ3n) is 5.45. The molecule has 0 aliphatic carbocycles. The van der Waals surface area contributed by atoms with E-state index in [2.05, 4.69) is 29.0 Å². The van der Waals surface area contributed by atoms with E-state index in [4.69, 9.17) is 17.0 Å². The van der Waals surface area contributed by atoms with Gasteiger partial charge in [-0.05, 0) is 63.9 Å². The van der Waals surface area contributed by atoms with Crippen molar-refractivity contribution in [2.45, 2.75) is 57.7 Å². The summed E-state index contributed by atoms with van der Waals surface area (Å²) in [5, 5.41) is 4.21. The van der Waals surface area contributed by atoms with Gasteiger partial charge in [-0.15, -0.1) is 0 Å². The average molecular weight is 348 g/mol. The van der Waals surface area contributed by atoms with Crippen molar-refractivity contribution >= 4 is 23.0 Å². The molecule has 0 unspecified atom stereocenters. The lowest BCUT2D eigenvalue weighted by atomic mass is 10.0. The van der Waals surface area contributed by atoms with Crippen LogP contribution in [-0.2, 0) is 0 Å². The third kappa shape index (κ3) is 3.83. The Morgan fingerprint density at radius 2 is 1.96 bits per heavy atom. The van der Waals surface area contributed by atoms with E-state index >= 15 is 0 Å². The highest BCUT2D eigenvalue weighted by Crippen LogP contribution is 2.30. The van der Waals surface area contributed by atoms with Crippen LogP contribution in [0.3, 0.4) is 0 Å². The van der Waals surface area contributed by atoms with Gasteiger partial charge in [0.2, 0.25) is 0 Å². The van der Waals surface area contributed by atoms with Crippen LogP contribution in [0.1, 0.15) is 39.5 Å². The van der Waals surface area contributed by atoms with Gasteiger partial charge in [0.05, 0.1) is 7.11 Å². The zero-order valence-electron chi connectivity index (χ0n) is 15.0. The molecule has 2 saturated heterocycles. The number of methoxy groups -OCH3 is 1. The first-order valence-electron chi connectivity index (χ1n) is 9.06. The summed E-state index contributed by atoms with van der Waals surface area (Å²) < 4.78 is 5.29. The fourth-order valence-corrected chi connectivity index (χ4v) is 4.50. The Hall–Kier alpha value is -1.33. The number of piperidine rings is 1. The maximum absolute atomic E-state index is 5.68. The molecule has 0 amide bonds. The summed E-state index contributed by atoms with van der Waals surface area (Å²) in [6, 6.07) is 9.96. The minimum atomic E-state index is 0.622. The van der Waals surface area contributed by atoms with Crippen molar-refractivity contribution in [2.24, 2.45) is 0 Å². The summed E-state index contributed by atoms with van der Waals surface area (Å²) in [4.78, 5) is 5.06. The number of rotatable bonds is 3. The van der Waals surface area contributed by atoms with E-state index in [-0.39, 0.29) is 0 Å². The monoisotopic (exact) mass is 347 g/mol. The van der Waals surface area contributed by atoms with E-state index in [1.54, 1.807) is 7.11 Å². The van der Waals surface area contributed by atoms with E-state index < -0.39 is 0 Å². The highest BCUT2D eigenvalue weighted by Gasteiger charge is 2.35. The number of ether oxygens (including phenoxy) is 1. The van der Waals surface area contributed by atoms with Crippen LogP contribution < -0.4 is 10.1 Å². The van der Waals surface area contributed by atoms with Crippen molar-refractivity contribution in [2.75, 3.05) is 25.5 Å². The number of likely N-dealkylation sites (tertiary alicyclic amines) is 2. The number of benzene rings is 1. The highest BCUT2D eigenvalue weighted by atomic mass is 32.1. The SMILES string of the molecule is COc1cccc(NC(=S)N2CCC[C@H](N3[C@H](C)CC[C@H]3C)C2)c1. The normalized spacial score (nSPS) is 28.0. The summed E-state index contributed by atoms with van der Waals surface area (Å²) in [5.74, 6) is 0.846. The first-order chi connectivity index (χ1) is 11.6. The number of thiocarbonyl (C=S) groups is 1. The minimum absolute atomic E-state index is 0.622. The van der Waals surface area contributed by atoms with Gasteiger partial charge in [0.25, 0.3) is 0 Å². The molecule has 3 rings (SSSR count). The van der Waals surface area contributed by atoms with E-state index in [0.29, 0.717) is 18.1 Å². The standard InChI is InChI=1S/C19H29N3OS/c1-14-9-10-15(2)22(14)17-7-5-11-21(13-17)19(24)20-16-6-4-8-18(12-16)23-3/h4,6,8,12,14-15,17H,5,7,9-11,13H2,1-3H3,(H,20,24)/t14-,15-,17+/m1/s1. The molecule has 0 spiro atoms. The molecule has 1 aromatic rings. The predicted molar refractivity (Wildman–Crippen MR) is 104 cm³/mol. The van der Waals surface area contributed by atoms with Crippen molar-refractivity contribution in [3.63, 3.8) is 0 Å². The van der Waals surface area contributed by atoms with Crippen molar-refractivity contribution in [3.8, 4) is 5.75 Å². The van der Waals surface area contributed by atoms with Gasteiger partial charge in [0, 0.05) is 43.0 Å². The first-order valence-corrected chi connectivity index (χ1v) is 9.46. The van der Waals surface area contributed by atoms with Crippen LogP contribution in [0.25, 0.3) is 0 Å². The molecular formula is C19H29N3OS. The first kappa shape index (κ1) is 17.5. The highest BCUT2D eigenvalue weighted by molar-refractivity contribution is 7.80. The van der Waals surface area contributed by atoms with Crippen molar-refractivity contribution in [1.82, 2.24) is 9.80 Å². The van der Waals surface area contributed by atoms with Gasteiger partial charge in [-0.25, -0.2) is 0 Å². The average Bonchev–Trinajstić information content (AvgIpc) is 2.93. The summed E-state index contributed by atoms with van der Waals surface area (Å²) in [6.07, 6.45) is 5.14. The van der Waals surface area contributed by atoms with Gasteiger partial charge in [-0.3, -0.25) is 4.90 Å². The van der Waals surface area contributed by atoms with Gasteiger partial charge < -0.3 is 15.0 Å².